The number of anilines is 1. The van der Waals surface area contributed by atoms with E-state index in [1.807, 2.05) is 0 Å². The third kappa shape index (κ3) is 3.04. The van der Waals surface area contributed by atoms with Gasteiger partial charge in [0.2, 0.25) is 0 Å². The molecule has 3 aliphatic rings. The Kier molecular flexibility index (Phi) is 4.25. The van der Waals surface area contributed by atoms with Gasteiger partial charge in [0, 0.05) is 12.0 Å². The van der Waals surface area contributed by atoms with Crippen LogP contribution in [0.15, 0.2) is 18.5 Å². The molecule has 29 heavy (non-hydrogen) atoms. The van der Waals surface area contributed by atoms with Crippen LogP contribution in [0.1, 0.15) is 32.6 Å². The number of Topliss-reactive ketones (excluding diaryl/α,β-unsaturated/α-hetero) is 1. The van der Waals surface area contributed by atoms with Crippen molar-refractivity contribution in [2.45, 2.75) is 38.6 Å². The molecule has 2 bridgehead atoms. The second kappa shape index (κ2) is 6.82. The van der Waals surface area contributed by atoms with Gasteiger partial charge in [0.05, 0.1) is 17.8 Å². The van der Waals surface area contributed by atoms with E-state index in [-0.39, 0.29) is 29.4 Å². The normalized spacial score (nSPS) is 26.0. The molecular weight excluding hydrogens is 378 g/mol. The van der Waals surface area contributed by atoms with Crippen molar-refractivity contribution in [2.24, 2.45) is 17.8 Å². The largest absolute Gasteiger partial charge is 0.364 e. The second-order valence-corrected chi connectivity index (χ2v) is 7.99. The fraction of sp³-hybridized carbons (Fsp3) is 0.450. The Hall–Kier alpha value is -2.97. The number of hydrogen-bond donors (Lipinski definition) is 2. The van der Waals surface area contributed by atoms with Gasteiger partial charge in [-0.1, -0.05) is 0 Å². The summed E-state index contributed by atoms with van der Waals surface area (Å²) < 4.78 is 28.2. The van der Waals surface area contributed by atoms with Gasteiger partial charge in [-0.2, -0.15) is 5.10 Å². The summed E-state index contributed by atoms with van der Waals surface area (Å²) in [5, 5.41) is 10.4. The average Bonchev–Trinajstić information content (AvgIpc) is 3.13. The van der Waals surface area contributed by atoms with E-state index in [0.717, 1.165) is 38.1 Å². The Morgan fingerprint density at radius 3 is 2.66 bits per heavy atom. The summed E-state index contributed by atoms with van der Waals surface area (Å²) >= 11 is 0. The minimum atomic E-state index is -0.592. The average molecular weight is 398 g/mol. The maximum Gasteiger partial charge on any atom is 0.183 e. The number of H-pyrrole nitrogens is 1. The van der Waals surface area contributed by atoms with Gasteiger partial charge in [-0.05, 0) is 50.5 Å². The molecule has 3 fully saturated rings. The van der Waals surface area contributed by atoms with Crippen molar-refractivity contribution in [3.05, 3.63) is 30.1 Å². The van der Waals surface area contributed by atoms with Gasteiger partial charge in [0.15, 0.2) is 23.1 Å². The van der Waals surface area contributed by atoms with Crippen LogP contribution < -0.4 is 5.32 Å². The lowest BCUT2D eigenvalue weighted by Crippen LogP contribution is -2.51. The molecule has 0 spiro atoms. The van der Waals surface area contributed by atoms with Crippen LogP contribution in [0.5, 0.6) is 0 Å². The van der Waals surface area contributed by atoms with E-state index in [1.165, 1.54) is 6.07 Å². The van der Waals surface area contributed by atoms with Crippen LogP contribution >= 0.6 is 0 Å². The molecule has 3 aromatic heterocycles. The zero-order valence-electron chi connectivity index (χ0n) is 15.8. The van der Waals surface area contributed by atoms with Crippen LogP contribution in [0.25, 0.3) is 22.6 Å². The predicted molar refractivity (Wildman–Crippen MR) is 102 cm³/mol. The summed E-state index contributed by atoms with van der Waals surface area (Å²) in [6.07, 6.45) is 6.30. The van der Waals surface area contributed by atoms with Crippen LogP contribution in [0.2, 0.25) is 0 Å². The number of halogens is 2. The fourth-order valence-electron chi connectivity index (χ4n) is 5.03. The maximum atomic E-state index is 14.5. The highest BCUT2D eigenvalue weighted by molar-refractivity contribution is 5.88. The van der Waals surface area contributed by atoms with Gasteiger partial charge >= 0.3 is 0 Å². The minimum absolute atomic E-state index is 0.0471. The van der Waals surface area contributed by atoms with Crippen molar-refractivity contribution < 1.29 is 13.6 Å². The SMILES string of the molecule is CC(=O)C1C2CCC(CC2)C1Nc1nc(-c2[nH]nc3ncc(F)cc23)ncc1F. The van der Waals surface area contributed by atoms with Crippen molar-refractivity contribution in [1.29, 1.82) is 0 Å². The highest BCUT2D eigenvalue weighted by Crippen LogP contribution is 2.46. The lowest BCUT2D eigenvalue weighted by atomic mass is 9.60. The van der Waals surface area contributed by atoms with Crippen LogP contribution in [0, 0.1) is 29.4 Å². The van der Waals surface area contributed by atoms with Crippen LogP contribution in [0.3, 0.4) is 0 Å². The molecule has 2 N–H and O–H groups in total. The molecule has 0 aliphatic heterocycles. The molecule has 3 heterocycles. The Balaban J connectivity index is 1.51. The maximum absolute atomic E-state index is 14.5. The molecule has 0 saturated heterocycles. The number of pyridine rings is 1. The minimum Gasteiger partial charge on any atom is -0.364 e. The molecule has 0 aromatic carbocycles. The van der Waals surface area contributed by atoms with Gasteiger partial charge in [-0.25, -0.2) is 23.7 Å². The number of nitrogens with zero attached hydrogens (tertiary/aromatic N) is 4. The topological polar surface area (TPSA) is 96.5 Å². The van der Waals surface area contributed by atoms with Crippen molar-refractivity contribution in [2.75, 3.05) is 5.32 Å². The van der Waals surface area contributed by atoms with Crippen molar-refractivity contribution in [1.82, 2.24) is 25.1 Å². The first-order chi connectivity index (χ1) is 14.0. The number of carbonyl (C=O) groups is 1. The molecule has 3 aliphatic carbocycles. The van der Waals surface area contributed by atoms with E-state index in [0.29, 0.717) is 28.6 Å². The fourth-order valence-corrected chi connectivity index (χ4v) is 5.03. The highest BCUT2D eigenvalue weighted by Gasteiger charge is 2.46. The first kappa shape index (κ1) is 18.1. The summed E-state index contributed by atoms with van der Waals surface area (Å²) in [4.78, 5) is 24.6. The Bertz CT molecular complexity index is 1090. The Labute approximate surface area is 165 Å². The standard InChI is InChI=1S/C20H20F2N6O/c1-9(29)15-10-2-4-11(5-3-10)16(15)25-19-14(22)8-24-20(26-19)17-13-6-12(21)7-23-18(13)28-27-17/h6-8,10-11,15-16H,2-5H2,1H3,(H,23,27,28)(H,24,25,26). The lowest BCUT2D eigenvalue weighted by molar-refractivity contribution is -0.126. The van der Waals surface area contributed by atoms with E-state index in [1.54, 1.807) is 6.92 Å². The smallest absolute Gasteiger partial charge is 0.183 e. The molecule has 7 nitrogen and oxygen atoms in total. The molecule has 3 saturated carbocycles. The van der Waals surface area contributed by atoms with Gasteiger partial charge in [0.25, 0.3) is 0 Å². The second-order valence-electron chi connectivity index (χ2n) is 7.99. The molecule has 150 valence electrons. The molecule has 9 heteroatoms. The van der Waals surface area contributed by atoms with E-state index < -0.39 is 11.6 Å². The zero-order chi connectivity index (χ0) is 20.1. The van der Waals surface area contributed by atoms with E-state index in [4.69, 9.17) is 0 Å². The molecule has 0 amide bonds. The van der Waals surface area contributed by atoms with Crippen molar-refractivity contribution in [3.8, 4) is 11.5 Å². The molecule has 2 atom stereocenters. The monoisotopic (exact) mass is 398 g/mol. The van der Waals surface area contributed by atoms with Crippen LogP contribution in [-0.4, -0.2) is 37.0 Å². The Morgan fingerprint density at radius 2 is 1.90 bits per heavy atom. The highest BCUT2D eigenvalue weighted by atomic mass is 19.1. The number of rotatable bonds is 4. The third-order valence-corrected chi connectivity index (χ3v) is 6.34. The van der Waals surface area contributed by atoms with Crippen molar-refractivity contribution >= 4 is 22.6 Å². The number of ketones is 1. The third-order valence-electron chi connectivity index (χ3n) is 6.34. The lowest BCUT2D eigenvalue weighted by Gasteiger charge is -2.48. The summed E-state index contributed by atoms with van der Waals surface area (Å²) in [6.45, 7) is 1.61. The van der Waals surface area contributed by atoms with E-state index >= 15 is 0 Å². The van der Waals surface area contributed by atoms with Gasteiger partial charge in [0.1, 0.15) is 17.3 Å². The number of nitrogens with one attached hydrogen (secondary N) is 2. The number of aromatic nitrogens is 5. The van der Waals surface area contributed by atoms with Crippen molar-refractivity contribution in [3.63, 3.8) is 0 Å². The first-order valence-electron chi connectivity index (χ1n) is 9.81. The van der Waals surface area contributed by atoms with Gasteiger partial charge in [-0.3, -0.25) is 9.89 Å². The van der Waals surface area contributed by atoms with E-state index in [2.05, 4.69) is 30.5 Å². The number of hydrogen-bond acceptors (Lipinski definition) is 6. The molecule has 6 rings (SSSR count). The summed E-state index contributed by atoms with van der Waals surface area (Å²) in [5.41, 5.74) is 0.688. The van der Waals surface area contributed by atoms with Gasteiger partial charge < -0.3 is 5.32 Å². The number of aromatic amines is 1. The zero-order valence-corrected chi connectivity index (χ0v) is 15.8. The van der Waals surface area contributed by atoms with Crippen LogP contribution in [0.4, 0.5) is 14.6 Å². The Morgan fingerprint density at radius 1 is 1.14 bits per heavy atom. The van der Waals surface area contributed by atoms with Gasteiger partial charge in [-0.15, -0.1) is 0 Å². The van der Waals surface area contributed by atoms with Crippen LogP contribution in [-0.2, 0) is 4.79 Å². The quantitative estimate of drug-likeness (QED) is 0.698. The first-order valence-corrected chi connectivity index (χ1v) is 9.81. The summed E-state index contributed by atoms with van der Waals surface area (Å²) in [5.74, 6) is -0.217. The van der Waals surface area contributed by atoms with E-state index in [9.17, 15) is 13.6 Å². The predicted octanol–water partition coefficient (Wildman–Crippen LogP) is 3.50. The molecule has 2 unspecified atom stereocenters. The number of carbonyl (C=O) groups excluding carboxylic acids is 1. The molecule has 0 radical (unpaired) electrons. The molecular formula is C20H20F2N6O. The molecule has 3 aromatic rings. The summed E-state index contributed by atoms with van der Waals surface area (Å²) in [6, 6.07) is 1.14. The summed E-state index contributed by atoms with van der Waals surface area (Å²) in [7, 11) is 0. The number of fused-ring (bicyclic) bond motifs is 4.